The quantitative estimate of drug-likeness (QED) is 0.760. The van der Waals surface area contributed by atoms with Crippen molar-refractivity contribution in [1.29, 1.82) is 0 Å². The molecule has 0 spiro atoms. The molecular formula is C17H18N6O3. The van der Waals surface area contributed by atoms with E-state index in [1.54, 1.807) is 31.1 Å². The maximum absolute atomic E-state index is 11.0. The van der Waals surface area contributed by atoms with Crippen molar-refractivity contribution in [2.75, 3.05) is 32.1 Å². The van der Waals surface area contributed by atoms with Crippen LogP contribution in [0.15, 0.2) is 36.8 Å². The molecule has 1 fully saturated rings. The Labute approximate surface area is 149 Å². The predicted molar refractivity (Wildman–Crippen MR) is 94.6 cm³/mol. The molecule has 9 nitrogen and oxygen atoms in total. The second-order valence-corrected chi connectivity index (χ2v) is 6.12. The van der Waals surface area contributed by atoms with Crippen LogP contribution in [0.25, 0.3) is 16.8 Å². The lowest BCUT2D eigenvalue weighted by Crippen LogP contribution is -2.59. The summed E-state index contributed by atoms with van der Waals surface area (Å²) in [6, 6.07) is 5.61. The van der Waals surface area contributed by atoms with Gasteiger partial charge in [0, 0.05) is 38.1 Å². The first-order valence-electron chi connectivity index (χ1n) is 8.13. The Bertz CT molecular complexity index is 966. The van der Waals surface area contributed by atoms with Crippen molar-refractivity contribution in [3.63, 3.8) is 0 Å². The molecule has 0 atom stereocenters. The van der Waals surface area contributed by atoms with E-state index < -0.39 is 6.09 Å². The molecule has 0 saturated carbocycles. The summed E-state index contributed by atoms with van der Waals surface area (Å²) in [7, 11) is 3.17. The van der Waals surface area contributed by atoms with E-state index in [4.69, 9.17) is 14.8 Å². The number of methoxy groups -OCH3 is 1. The maximum Gasteiger partial charge on any atom is 0.407 e. The zero-order valence-electron chi connectivity index (χ0n) is 14.4. The number of likely N-dealkylation sites (N-methyl/N-ethyl adjacent to an activating group) is 1. The van der Waals surface area contributed by atoms with Crippen LogP contribution in [0.2, 0.25) is 0 Å². The van der Waals surface area contributed by atoms with Gasteiger partial charge in [-0.05, 0) is 18.2 Å². The first kappa shape index (κ1) is 16.1. The van der Waals surface area contributed by atoms with E-state index in [0.717, 1.165) is 16.9 Å². The van der Waals surface area contributed by atoms with Gasteiger partial charge in [-0.25, -0.2) is 19.3 Å². The molecule has 1 amide bonds. The number of carbonyl (C=O) groups is 1. The number of ether oxygens (including phenoxy) is 1. The van der Waals surface area contributed by atoms with Crippen LogP contribution in [-0.4, -0.2) is 69.0 Å². The van der Waals surface area contributed by atoms with Crippen LogP contribution >= 0.6 is 0 Å². The second kappa shape index (κ2) is 6.17. The van der Waals surface area contributed by atoms with Gasteiger partial charge >= 0.3 is 6.09 Å². The molecule has 0 aliphatic carbocycles. The van der Waals surface area contributed by atoms with Gasteiger partial charge in [0.05, 0.1) is 24.9 Å². The van der Waals surface area contributed by atoms with Gasteiger partial charge in [0.15, 0.2) is 5.65 Å². The summed E-state index contributed by atoms with van der Waals surface area (Å²) in [6.07, 6.45) is 4.34. The number of hydrogen-bond acceptors (Lipinski definition) is 6. The summed E-state index contributed by atoms with van der Waals surface area (Å²) in [6.45, 7) is 1.23. The van der Waals surface area contributed by atoms with Crippen molar-refractivity contribution < 1.29 is 14.6 Å². The number of fused-ring (bicyclic) bond motifs is 1. The molecule has 0 aromatic carbocycles. The number of pyridine rings is 1. The zero-order valence-corrected chi connectivity index (χ0v) is 14.4. The smallest absolute Gasteiger partial charge is 0.407 e. The van der Waals surface area contributed by atoms with Gasteiger partial charge in [-0.3, -0.25) is 0 Å². The average molecular weight is 354 g/mol. The second-order valence-electron chi connectivity index (χ2n) is 6.12. The number of nitrogens with zero attached hydrogens (tertiary/aromatic N) is 6. The van der Waals surface area contributed by atoms with Crippen LogP contribution in [-0.2, 0) is 0 Å². The van der Waals surface area contributed by atoms with Gasteiger partial charge < -0.3 is 19.6 Å². The summed E-state index contributed by atoms with van der Waals surface area (Å²) < 4.78 is 7.04. The number of amides is 1. The van der Waals surface area contributed by atoms with Crippen LogP contribution in [0.1, 0.15) is 0 Å². The number of hydrogen-bond donors (Lipinski definition) is 1. The van der Waals surface area contributed by atoms with Gasteiger partial charge in [-0.1, -0.05) is 0 Å². The van der Waals surface area contributed by atoms with Crippen molar-refractivity contribution in [3.05, 3.63) is 36.8 Å². The highest BCUT2D eigenvalue weighted by Gasteiger charge is 2.33. The highest BCUT2D eigenvalue weighted by Crippen LogP contribution is 2.31. The largest absolute Gasteiger partial charge is 0.481 e. The first-order chi connectivity index (χ1) is 12.6. The van der Waals surface area contributed by atoms with Crippen LogP contribution in [0.4, 0.5) is 10.6 Å². The van der Waals surface area contributed by atoms with E-state index in [1.165, 1.54) is 4.90 Å². The molecule has 4 heterocycles. The van der Waals surface area contributed by atoms with Crippen molar-refractivity contribution in [1.82, 2.24) is 24.5 Å². The third-order valence-electron chi connectivity index (χ3n) is 4.64. The number of anilines is 1. The van der Waals surface area contributed by atoms with Crippen molar-refractivity contribution in [2.45, 2.75) is 6.04 Å². The lowest BCUT2D eigenvalue weighted by Gasteiger charge is -2.43. The molecule has 1 saturated heterocycles. The van der Waals surface area contributed by atoms with E-state index in [9.17, 15) is 4.79 Å². The van der Waals surface area contributed by atoms with E-state index in [1.807, 2.05) is 29.3 Å². The summed E-state index contributed by atoms with van der Waals surface area (Å²) in [5, 5.41) is 13.4. The highest BCUT2D eigenvalue weighted by atomic mass is 16.5. The molecule has 1 aliphatic rings. The Hall–Kier alpha value is -3.36. The number of rotatable bonds is 4. The summed E-state index contributed by atoms with van der Waals surface area (Å²) >= 11 is 0. The zero-order chi connectivity index (χ0) is 18.3. The third-order valence-corrected chi connectivity index (χ3v) is 4.64. The van der Waals surface area contributed by atoms with Crippen molar-refractivity contribution in [3.8, 4) is 17.0 Å². The fourth-order valence-corrected chi connectivity index (χ4v) is 3.03. The summed E-state index contributed by atoms with van der Waals surface area (Å²) in [5.74, 6) is 1.30. The monoisotopic (exact) mass is 354 g/mol. The molecule has 26 heavy (non-hydrogen) atoms. The van der Waals surface area contributed by atoms with E-state index in [-0.39, 0.29) is 6.04 Å². The van der Waals surface area contributed by atoms with Crippen LogP contribution in [0.3, 0.4) is 0 Å². The van der Waals surface area contributed by atoms with Crippen molar-refractivity contribution >= 4 is 17.6 Å². The molecule has 4 rings (SSSR count). The molecular weight excluding hydrogens is 336 g/mol. The number of carboxylic acid groups (broad SMARTS) is 1. The highest BCUT2D eigenvalue weighted by molar-refractivity contribution is 5.80. The Kier molecular flexibility index (Phi) is 3.83. The van der Waals surface area contributed by atoms with Gasteiger partial charge in [0.25, 0.3) is 0 Å². The topological polar surface area (TPSA) is 96.1 Å². The average Bonchev–Trinajstić information content (AvgIpc) is 3.03. The minimum atomic E-state index is -0.917. The van der Waals surface area contributed by atoms with Crippen LogP contribution in [0, 0.1) is 0 Å². The first-order valence-corrected chi connectivity index (χ1v) is 8.13. The molecule has 0 radical (unpaired) electrons. The van der Waals surface area contributed by atoms with Gasteiger partial charge in [0.1, 0.15) is 5.82 Å². The number of aromatic nitrogens is 4. The minimum absolute atomic E-state index is 0.0201. The van der Waals surface area contributed by atoms with Gasteiger partial charge in [-0.2, -0.15) is 5.10 Å². The molecule has 9 heteroatoms. The standard InChI is InChI=1S/C17H18N6O3/c1-21(17(24)25)11-9-22(10-11)14-5-7-23-15(20-14)13(8-19-23)12-4-3-6-18-16(12)26-2/h3-8,11H,9-10H2,1-2H3,(H,24,25). The van der Waals surface area contributed by atoms with Crippen LogP contribution in [0.5, 0.6) is 5.88 Å². The SMILES string of the molecule is COc1ncccc1-c1cnn2ccc(N3CC(N(C)C(=O)O)C3)nc12. The predicted octanol–water partition coefficient (Wildman–Crippen LogP) is 1.60. The van der Waals surface area contributed by atoms with E-state index in [2.05, 4.69) is 10.1 Å². The molecule has 0 bridgehead atoms. The maximum atomic E-state index is 11.0. The molecule has 1 N–H and O–H groups in total. The fraction of sp³-hybridized carbons (Fsp3) is 0.294. The molecule has 134 valence electrons. The van der Waals surface area contributed by atoms with Crippen LogP contribution < -0.4 is 9.64 Å². The van der Waals surface area contributed by atoms with Gasteiger partial charge in [0.2, 0.25) is 5.88 Å². The molecule has 0 unspecified atom stereocenters. The Balaban J connectivity index is 1.65. The summed E-state index contributed by atoms with van der Waals surface area (Å²) in [4.78, 5) is 23.4. The fourth-order valence-electron chi connectivity index (χ4n) is 3.03. The van der Waals surface area contributed by atoms with Gasteiger partial charge in [-0.15, -0.1) is 0 Å². The van der Waals surface area contributed by atoms with E-state index >= 15 is 0 Å². The molecule has 3 aromatic rings. The third kappa shape index (κ3) is 2.57. The Morgan fingerprint density at radius 2 is 2.15 bits per heavy atom. The molecule has 3 aromatic heterocycles. The molecule has 1 aliphatic heterocycles. The lowest BCUT2D eigenvalue weighted by molar-refractivity contribution is 0.129. The normalized spacial score (nSPS) is 14.3. The summed E-state index contributed by atoms with van der Waals surface area (Å²) in [5.41, 5.74) is 2.35. The Morgan fingerprint density at radius 1 is 1.35 bits per heavy atom. The lowest BCUT2D eigenvalue weighted by atomic mass is 10.1. The van der Waals surface area contributed by atoms with E-state index in [0.29, 0.717) is 24.6 Å². The van der Waals surface area contributed by atoms with Crippen molar-refractivity contribution in [2.24, 2.45) is 0 Å². The Morgan fingerprint density at radius 3 is 2.88 bits per heavy atom. The minimum Gasteiger partial charge on any atom is -0.481 e.